The molecule has 0 saturated carbocycles. The average Bonchev–Trinajstić information content (AvgIpc) is 3.16. The summed E-state index contributed by atoms with van der Waals surface area (Å²) in [5.74, 6) is 5.43. The van der Waals surface area contributed by atoms with E-state index in [0.717, 1.165) is 0 Å². The number of likely N-dealkylation sites (N-methyl/N-ethyl adjacent to an activating group) is 1. The van der Waals surface area contributed by atoms with Gasteiger partial charge in [-0.05, 0) is 6.92 Å². The number of rotatable bonds is 6. The van der Waals surface area contributed by atoms with Crippen LogP contribution in [0.1, 0.15) is 13.2 Å². The molecule has 136 valence electrons. The Morgan fingerprint density at radius 2 is 2.20 bits per heavy atom. The van der Waals surface area contributed by atoms with Gasteiger partial charge in [-0.15, -0.1) is 0 Å². The average molecular weight is 353 g/mol. The van der Waals surface area contributed by atoms with Crippen LogP contribution in [0, 0.1) is 0 Å². The number of nitrogens with two attached hydrogens (primary N) is 2. The standard InChI is InChI=1S/C13H19N7O5/c1-2-19(5-21)13(25-15)9-7(22)8(23)12(24-9)20-4-18-6-10(14)16-3-17-11(6)20/h3-5,7-9,12-13,22-23H,2,15H2,1H3,(H2,14,16,17)/t7-,8+,9-,12+,13?/m0/s1. The highest BCUT2D eigenvalue weighted by molar-refractivity contribution is 5.81. The number of aromatic nitrogens is 4. The third-order valence-corrected chi connectivity index (χ3v) is 4.18. The number of carbonyl (C=O) groups excluding carboxylic acids is 1. The molecule has 1 unspecified atom stereocenters. The number of imidazole rings is 1. The van der Waals surface area contributed by atoms with Gasteiger partial charge in [0.25, 0.3) is 0 Å². The predicted molar refractivity (Wildman–Crippen MR) is 83.2 cm³/mol. The molecule has 0 radical (unpaired) electrons. The van der Waals surface area contributed by atoms with Crippen molar-refractivity contribution in [3.8, 4) is 0 Å². The van der Waals surface area contributed by atoms with Crippen molar-refractivity contribution >= 4 is 23.4 Å². The van der Waals surface area contributed by atoms with E-state index in [1.807, 2.05) is 0 Å². The van der Waals surface area contributed by atoms with Crippen LogP contribution in [0.25, 0.3) is 11.2 Å². The number of anilines is 1. The zero-order valence-corrected chi connectivity index (χ0v) is 13.3. The zero-order valence-electron chi connectivity index (χ0n) is 13.3. The lowest BCUT2D eigenvalue weighted by Gasteiger charge is -2.30. The molecular formula is C13H19N7O5. The summed E-state index contributed by atoms with van der Waals surface area (Å²) in [5, 5.41) is 20.7. The summed E-state index contributed by atoms with van der Waals surface area (Å²) < 4.78 is 7.15. The number of amides is 1. The van der Waals surface area contributed by atoms with Crippen LogP contribution in [0.3, 0.4) is 0 Å². The molecule has 2 aromatic heterocycles. The molecule has 25 heavy (non-hydrogen) atoms. The summed E-state index contributed by atoms with van der Waals surface area (Å²) in [6.07, 6.45) is -2.73. The summed E-state index contributed by atoms with van der Waals surface area (Å²) >= 11 is 0. The van der Waals surface area contributed by atoms with Gasteiger partial charge >= 0.3 is 0 Å². The molecule has 12 nitrogen and oxygen atoms in total. The fraction of sp³-hybridized carbons (Fsp3) is 0.538. The number of carbonyl (C=O) groups is 1. The first-order chi connectivity index (χ1) is 12.0. The molecule has 1 aliphatic rings. The van der Waals surface area contributed by atoms with E-state index in [1.54, 1.807) is 6.92 Å². The Kier molecular flexibility index (Phi) is 4.78. The van der Waals surface area contributed by atoms with Crippen LogP contribution in [-0.2, 0) is 14.4 Å². The number of ether oxygens (including phenoxy) is 1. The van der Waals surface area contributed by atoms with Gasteiger partial charge < -0.3 is 25.6 Å². The summed E-state index contributed by atoms with van der Waals surface area (Å²) in [4.78, 5) is 29.2. The number of aliphatic hydroxyl groups is 2. The molecular weight excluding hydrogens is 334 g/mol. The lowest BCUT2D eigenvalue weighted by Crippen LogP contribution is -2.51. The van der Waals surface area contributed by atoms with Crippen molar-refractivity contribution in [2.75, 3.05) is 12.3 Å². The van der Waals surface area contributed by atoms with E-state index in [2.05, 4.69) is 15.0 Å². The van der Waals surface area contributed by atoms with Gasteiger partial charge in [0, 0.05) is 6.54 Å². The molecule has 1 saturated heterocycles. The number of aliphatic hydroxyl groups excluding tert-OH is 2. The first-order valence-electron chi connectivity index (χ1n) is 7.54. The van der Waals surface area contributed by atoms with Crippen LogP contribution in [0.15, 0.2) is 12.7 Å². The molecule has 1 aliphatic heterocycles. The predicted octanol–water partition coefficient (Wildman–Crippen LogP) is -2.28. The molecule has 2 aromatic rings. The van der Waals surface area contributed by atoms with Gasteiger partial charge in [0.2, 0.25) is 6.41 Å². The van der Waals surface area contributed by atoms with Crippen LogP contribution in [0.5, 0.6) is 0 Å². The van der Waals surface area contributed by atoms with Crippen LogP contribution < -0.4 is 11.6 Å². The van der Waals surface area contributed by atoms with Crippen LogP contribution in [0.4, 0.5) is 5.82 Å². The lowest BCUT2D eigenvalue weighted by atomic mass is 10.1. The van der Waals surface area contributed by atoms with Gasteiger partial charge in [-0.3, -0.25) is 14.2 Å². The fourth-order valence-electron chi connectivity index (χ4n) is 2.87. The van der Waals surface area contributed by atoms with E-state index in [1.165, 1.54) is 22.1 Å². The Balaban J connectivity index is 1.93. The SMILES string of the molecule is CCN(C=O)C(ON)[C@H]1O[C@@H](n2cnc3c(N)ncnc32)[C@H](O)[C@@H]1O. The topological polar surface area (TPSA) is 175 Å². The minimum atomic E-state index is -1.36. The Hall–Kier alpha value is -2.38. The van der Waals surface area contributed by atoms with Crippen molar-refractivity contribution in [1.29, 1.82) is 0 Å². The molecule has 12 heteroatoms. The quantitative estimate of drug-likeness (QED) is 0.251. The van der Waals surface area contributed by atoms with Crippen molar-refractivity contribution in [1.82, 2.24) is 24.4 Å². The Labute approximate surface area is 141 Å². The molecule has 6 N–H and O–H groups in total. The number of hydrogen-bond acceptors (Lipinski definition) is 10. The van der Waals surface area contributed by atoms with Crippen LogP contribution >= 0.6 is 0 Å². The van der Waals surface area contributed by atoms with E-state index in [-0.39, 0.29) is 12.4 Å². The highest BCUT2D eigenvalue weighted by atomic mass is 16.7. The Morgan fingerprint density at radius 3 is 2.84 bits per heavy atom. The van der Waals surface area contributed by atoms with E-state index in [9.17, 15) is 15.0 Å². The van der Waals surface area contributed by atoms with Gasteiger partial charge in [0.05, 0.1) is 6.33 Å². The van der Waals surface area contributed by atoms with Crippen LogP contribution in [-0.4, -0.2) is 72.1 Å². The normalized spacial score (nSPS) is 27.5. The van der Waals surface area contributed by atoms with E-state index >= 15 is 0 Å². The van der Waals surface area contributed by atoms with E-state index in [4.69, 9.17) is 21.2 Å². The van der Waals surface area contributed by atoms with Crippen LogP contribution in [0.2, 0.25) is 0 Å². The Bertz CT molecular complexity index is 755. The van der Waals surface area contributed by atoms with Crippen molar-refractivity contribution < 1.29 is 24.6 Å². The zero-order chi connectivity index (χ0) is 18.1. The van der Waals surface area contributed by atoms with Gasteiger partial charge in [-0.1, -0.05) is 0 Å². The van der Waals surface area contributed by atoms with Gasteiger partial charge in [0.15, 0.2) is 23.9 Å². The smallest absolute Gasteiger partial charge is 0.211 e. The maximum absolute atomic E-state index is 11.1. The second kappa shape index (κ2) is 6.85. The number of nitrogens with zero attached hydrogens (tertiary/aromatic N) is 5. The minimum absolute atomic E-state index is 0.176. The third kappa shape index (κ3) is 2.79. The first kappa shape index (κ1) is 17.4. The van der Waals surface area contributed by atoms with E-state index < -0.39 is 30.8 Å². The molecule has 0 aromatic carbocycles. The molecule has 3 rings (SSSR count). The fourth-order valence-corrected chi connectivity index (χ4v) is 2.87. The second-order valence-corrected chi connectivity index (χ2v) is 5.52. The molecule has 3 heterocycles. The molecule has 0 bridgehead atoms. The van der Waals surface area contributed by atoms with Crippen molar-refractivity contribution in [2.24, 2.45) is 5.90 Å². The summed E-state index contributed by atoms with van der Waals surface area (Å²) in [7, 11) is 0. The van der Waals surface area contributed by atoms with Gasteiger partial charge in [-0.2, -0.15) is 0 Å². The lowest BCUT2D eigenvalue weighted by molar-refractivity contribution is -0.171. The van der Waals surface area contributed by atoms with Crippen molar-refractivity contribution in [3.63, 3.8) is 0 Å². The number of hydrogen-bond donors (Lipinski definition) is 4. The maximum Gasteiger partial charge on any atom is 0.211 e. The van der Waals surface area contributed by atoms with Gasteiger partial charge in [-0.25, -0.2) is 20.8 Å². The summed E-state index contributed by atoms with van der Waals surface area (Å²) in [5.41, 5.74) is 6.41. The molecule has 0 spiro atoms. The Morgan fingerprint density at radius 1 is 1.44 bits per heavy atom. The number of nitrogen functional groups attached to an aromatic ring is 1. The number of fused-ring (bicyclic) bond motifs is 1. The van der Waals surface area contributed by atoms with Crippen molar-refractivity contribution in [2.45, 2.75) is 37.7 Å². The monoisotopic (exact) mass is 353 g/mol. The van der Waals surface area contributed by atoms with Crippen molar-refractivity contribution in [3.05, 3.63) is 12.7 Å². The minimum Gasteiger partial charge on any atom is -0.387 e. The highest BCUT2D eigenvalue weighted by Gasteiger charge is 2.49. The summed E-state index contributed by atoms with van der Waals surface area (Å²) in [6, 6.07) is 0. The molecule has 1 amide bonds. The highest BCUT2D eigenvalue weighted by Crippen LogP contribution is 2.34. The largest absolute Gasteiger partial charge is 0.387 e. The maximum atomic E-state index is 11.1. The first-order valence-corrected chi connectivity index (χ1v) is 7.54. The molecule has 1 fully saturated rings. The third-order valence-electron chi connectivity index (χ3n) is 4.18. The molecule has 0 aliphatic carbocycles. The summed E-state index contributed by atoms with van der Waals surface area (Å²) in [6.45, 7) is 1.98. The van der Waals surface area contributed by atoms with Gasteiger partial charge in [0.1, 0.15) is 30.2 Å². The second-order valence-electron chi connectivity index (χ2n) is 5.52. The molecule has 5 atom stereocenters. The van der Waals surface area contributed by atoms with E-state index in [0.29, 0.717) is 17.6 Å².